The molecule has 20 heavy (non-hydrogen) atoms. The summed E-state index contributed by atoms with van der Waals surface area (Å²) in [6, 6.07) is 5.03. The van der Waals surface area contributed by atoms with Gasteiger partial charge in [-0.25, -0.2) is 0 Å². The number of rotatable bonds is 5. The molecule has 0 aromatic carbocycles. The minimum Gasteiger partial charge on any atom is -0.491 e. The zero-order chi connectivity index (χ0) is 14.5. The molecule has 0 fully saturated rings. The van der Waals surface area contributed by atoms with E-state index in [1.807, 2.05) is 0 Å². The largest absolute Gasteiger partial charge is 0.491 e. The van der Waals surface area contributed by atoms with Crippen molar-refractivity contribution in [1.29, 1.82) is 0 Å². The molecule has 2 heterocycles. The van der Waals surface area contributed by atoms with Crippen LogP contribution in [-0.4, -0.2) is 29.5 Å². The fraction of sp³-hybridized carbons (Fsp3) is 0.286. The van der Waals surface area contributed by atoms with E-state index in [0.29, 0.717) is 6.54 Å². The Balaban J connectivity index is 2.06. The first kappa shape index (κ1) is 13.9. The SMILES string of the molecule is COc1cccn(CC(=O)N(C)Cc2ccoc2)c1=O. The fourth-order valence-electron chi connectivity index (χ4n) is 1.81. The van der Waals surface area contributed by atoms with Crippen LogP contribution in [0.5, 0.6) is 5.75 Å². The third-order valence-corrected chi connectivity index (χ3v) is 2.94. The Hall–Kier alpha value is -2.50. The van der Waals surface area contributed by atoms with Crippen LogP contribution in [0.2, 0.25) is 0 Å². The van der Waals surface area contributed by atoms with E-state index in [0.717, 1.165) is 5.56 Å². The summed E-state index contributed by atoms with van der Waals surface area (Å²) in [5.74, 6) is 0.0549. The third kappa shape index (κ3) is 3.09. The highest BCUT2D eigenvalue weighted by Gasteiger charge is 2.12. The Morgan fingerprint density at radius 3 is 2.90 bits per heavy atom. The Kier molecular flexibility index (Phi) is 4.24. The van der Waals surface area contributed by atoms with E-state index in [9.17, 15) is 9.59 Å². The van der Waals surface area contributed by atoms with Gasteiger partial charge in [0.25, 0.3) is 5.56 Å². The van der Waals surface area contributed by atoms with Crippen LogP contribution < -0.4 is 10.3 Å². The van der Waals surface area contributed by atoms with Crippen LogP contribution in [0.1, 0.15) is 5.56 Å². The number of carbonyl (C=O) groups is 1. The molecule has 2 aromatic rings. The third-order valence-electron chi connectivity index (χ3n) is 2.94. The molecule has 0 radical (unpaired) electrons. The second-order valence-corrected chi connectivity index (χ2v) is 4.39. The Labute approximate surface area is 116 Å². The summed E-state index contributed by atoms with van der Waals surface area (Å²) in [4.78, 5) is 25.6. The number of methoxy groups -OCH3 is 1. The number of carbonyl (C=O) groups excluding carboxylic acids is 1. The first-order valence-corrected chi connectivity index (χ1v) is 6.10. The highest BCUT2D eigenvalue weighted by atomic mass is 16.5. The number of likely N-dealkylation sites (N-methyl/N-ethyl adjacent to an activating group) is 1. The lowest BCUT2D eigenvalue weighted by Gasteiger charge is -2.17. The number of amides is 1. The van der Waals surface area contributed by atoms with Gasteiger partial charge in [-0.15, -0.1) is 0 Å². The summed E-state index contributed by atoms with van der Waals surface area (Å²) in [6.07, 6.45) is 4.70. The molecule has 0 spiro atoms. The molecule has 106 valence electrons. The summed E-state index contributed by atoms with van der Waals surface area (Å²) in [6.45, 7) is 0.415. The molecule has 0 aliphatic rings. The Bertz CT molecular complexity index is 631. The molecule has 0 N–H and O–H groups in total. The Morgan fingerprint density at radius 1 is 1.45 bits per heavy atom. The molecule has 0 saturated heterocycles. The standard InChI is InChI=1S/C14H16N2O4/c1-15(8-11-5-7-20-10-11)13(17)9-16-6-3-4-12(19-2)14(16)18/h3-7,10H,8-9H2,1-2H3. The van der Waals surface area contributed by atoms with Crippen LogP contribution in [0.3, 0.4) is 0 Å². The average Bonchev–Trinajstić information content (AvgIpc) is 2.94. The molecule has 0 aliphatic carbocycles. The number of pyridine rings is 1. The van der Waals surface area contributed by atoms with E-state index >= 15 is 0 Å². The summed E-state index contributed by atoms with van der Waals surface area (Å²) >= 11 is 0. The number of furan rings is 1. The number of hydrogen-bond donors (Lipinski definition) is 0. The lowest BCUT2D eigenvalue weighted by atomic mass is 10.3. The summed E-state index contributed by atoms with van der Waals surface area (Å²) in [5.41, 5.74) is 0.582. The van der Waals surface area contributed by atoms with Gasteiger partial charge in [0.2, 0.25) is 5.91 Å². The normalized spacial score (nSPS) is 10.3. The molecule has 1 amide bonds. The summed E-state index contributed by atoms with van der Waals surface area (Å²) in [7, 11) is 3.11. The van der Waals surface area contributed by atoms with Crippen LogP contribution >= 0.6 is 0 Å². The monoisotopic (exact) mass is 276 g/mol. The van der Waals surface area contributed by atoms with Crippen molar-refractivity contribution < 1.29 is 13.9 Å². The molecule has 6 heteroatoms. The van der Waals surface area contributed by atoms with Gasteiger partial charge in [-0.1, -0.05) is 0 Å². The first-order valence-electron chi connectivity index (χ1n) is 6.10. The molecular weight excluding hydrogens is 260 g/mol. The maximum atomic E-state index is 12.1. The second-order valence-electron chi connectivity index (χ2n) is 4.39. The second kappa shape index (κ2) is 6.10. The fourth-order valence-corrected chi connectivity index (χ4v) is 1.81. The molecule has 0 aliphatic heterocycles. The zero-order valence-corrected chi connectivity index (χ0v) is 11.4. The maximum Gasteiger partial charge on any atom is 0.293 e. The lowest BCUT2D eigenvalue weighted by molar-refractivity contribution is -0.131. The number of hydrogen-bond acceptors (Lipinski definition) is 4. The number of nitrogens with zero attached hydrogens (tertiary/aromatic N) is 2. The van der Waals surface area contributed by atoms with E-state index < -0.39 is 0 Å². The zero-order valence-electron chi connectivity index (χ0n) is 11.4. The molecule has 2 rings (SSSR count). The van der Waals surface area contributed by atoms with Gasteiger partial charge in [0, 0.05) is 25.4 Å². The molecule has 0 bridgehead atoms. The van der Waals surface area contributed by atoms with Crippen molar-refractivity contribution >= 4 is 5.91 Å². The quantitative estimate of drug-likeness (QED) is 0.820. The van der Waals surface area contributed by atoms with Gasteiger partial charge in [-0.2, -0.15) is 0 Å². The van der Waals surface area contributed by atoms with Crippen LogP contribution in [0.25, 0.3) is 0 Å². The van der Waals surface area contributed by atoms with Gasteiger partial charge in [0.15, 0.2) is 5.75 Å². The molecule has 0 unspecified atom stereocenters. The molecule has 0 atom stereocenters. The van der Waals surface area contributed by atoms with Crippen molar-refractivity contribution in [3.63, 3.8) is 0 Å². The topological polar surface area (TPSA) is 64.7 Å². The molecular formula is C14H16N2O4. The van der Waals surface area contributed by atoms with Crippen LogP contribution in [-0.2, 0) is 17.9 Å². The highest BCUT2D eigenvalue weighted by Crippen LogP contribution is 2.05. The van der Waals surface area contributed by atoms with Crippen molar-refractivity contribution in [3.8, 4) is 5.75 Å². The van der Waals surface area contributed by atoms with Crippen LogP contribution in [0, 0.1) is 0 Å². The van der Waals surface area contributed by atoms with E-state index in [4.69, 9.17) is 9.15 Å². The van der Waals surface area contributed by atoms with Crippen molar-refractivity contribution in [3.05, 3.63) is 52.8 Å². The predicted molar refractivity (Wildman–Crippen MR) is 72.4 cm³/mol. The van der Waals surface area contributed by atoms with Crippen LogP contribution in [0.15, 0.2) is 46.1 Å². The van der Waals surface area contributed by atoms with Gasteiger partial charge < -0.3 is 18.6 Å². The van der Waals surface area contributed by atoms with E-state index in [-0.39, 0.29) is 23.8 Å². The summed E-state index contributed by atoms with van der Waals surface area (Å²) in [5, 5.41) is 0. The Morgan fingerprint density at radius 2 is 2.25 bits per heavy atom. The van der Waals surface area contributed by atoms with Gasteiger partial charge in [-0.05, 0) is 18.2 Å². The van der Waals surface area contributed by atoms with Gasteiger partial charge >= 0.3 is 0 Å². The molecule has 6 nitrogen and oxygen atoms in total. The lowest BCUT2D eigenvalue weighted by Crippen LogP contribution is -2.33. The maximum absolute atomic E-state index is 12.1. The van der Waals surface area contributed by atoms with E-state index in [1.165, 1.54) is 16.6 Å². The van der Waals surface area contributed by atoms with E-state index in [1.54, 1.807) is 44.0 Å². The number of ether oxygens (including phenoxy) is 1. The van der Waals surface area contributed by atoms with Crippen LogP contribution in [0.4, 0.5) is 0 Å². The van der Waals surface area contributed by atoms with Crippen molar-refractivity contribution in [2.45, 2.75) is 13.1 Å². The summed E-state index contributed by atoms with van der Waals surface area (Å²) < 4.78 is 11.2. The highest BCUT2D eigenvalue weighted by molar-refractivity contribution is 5.75. The smallest absolute Gasteiger partial charge is 0.293 e. The molecule has 0 saturated carbocycles. The minimum atomic E-state index is -0.319. The first-order chi connectivity index (χ1) is 9.61. The van der Waals surface area contributed by atoms with Gasteiger partial charge in [-0.3, -0.25) is 9.59 Å². The average molecular weight is 276 g/mol. The van der Waals surface area contributed by atoms with Crippen molar-refractivity contribution in [2.24, 2.45) is 0 Å². The predicted octanol–water partition coefficient (Wildman–Crippen LogP) is 1.11. The van der Waals surface area contributed by atoms with E-state index in [2.05, 4.69) is 0 Å². The van der Waals surface area contributed by atoms with Crippen molar-refractivity contribution in [1.82, 2.24) is 9.47 Å². The minimum absolute atomic E-state index is 0.0234. The molecule has 2 aromatic heterocycles. The van der Waals surface area contributed by atoms with Crippen molar-refractivity contribution in [2.75, 3.05) is 14.2 Å². The number of aromatic nitrogens is 1. The van der Waals surface area contributed by atoms with Gasteiger partial charge in [0.05, 0.1) is 19.6 Å². The van der Waals surface area contributed by atoms with Gasteiger partial charge in [0.1, 0.15) is 6.54 Å².